The van der Waals surface area contributed by atoms with Gasteiger partial charge in [-0.3, -0.25) is 4.79 Å². The van der Waals surface area contributed by atoms with Crippen molar-refractivity contribution in [1.82, 2.24) is 4.98 Å². The Bertz CT molecular complexity index is 861. The van der Waals surface area contributed by atoms with Gasteiger partial charge in [-0.2, -0.15) is 0 Å². The molecule has 6 N–H and O–H groups in total. The van der Waals surface area contributed by atoms with Crippen molar-refractivity contribution in [3.8, 4) is 0 Å². The largest absolute Gasteiger partial charge is 0.365 e. The van der Waals surface area contributed by atoms with E-state index in [1.807, 2.05) is 0 Å². The van der Waals surface area contributed by atoms with E-state index in [2.05, 4.69) is 15.6 Å². The molecule has 0 saturated heterocycles. The maximum absolute atomic E-state index is 14.4. The molecule has 1 aliphatic rings. The van der Waals surface area contributed by atoms with Crippen LogP contribution in [-0.2, 0) is 0 Å². The molecule has 2 atom stereocenters. The van der Waals surface area contributed by atoms with Gasteiger partial charge < -0.3 is 22.1 Å². The number of benzene rings is 1. The first-order chi connectivity index (χ1) is 12.8. The Morgan fingerprint density at radius 2 is 1.78 bits per heavy atom. The smallest absolute Gasteiger partial charge is 0.252 e. The molecule has 1 aromatic carbocycles. The van der Waals surface area contributed by atoms with Crippen molar-refractivity contribution in [2.24, 2.45) is 11.5 Å². The first kappa shape index (κ1) is 19.0. The molecule has 0 radical (unpaired) electrons. The predicted molar refractivity (Wildman–Crippen MR) is 96.2 cm³/mol. The summed E-state index contributed by atoms with van der Waals surface area (Å²) in [6, 6.07) is 3.74. The summed E-state index contributed by atoms with van der Waals surface area (Å²) in [5, 5.41) is 5.66. The zero-order valence-corrected chi connectivity index (χ0v) is 14.4. The van der Waals surface area contributed by atoms with E-state index >= 15 is 0 Å². The predicted octanol–water partition coefficient (Wildman–Crippen LogP) is 3.02. The molecule has 0 bridgehead atoms. The second-order valence-corrected chi connectivity index (χ2v) is 6.53. The van der Waals surface area contributed by atoms with E-state index in [0.717, 1.165) is 43.9 Å². The topological polar surface area (TPSA) is 106 Å². The second kappa shape index (κ2) is 7.83. The molecule has 1 saturated carbocycles. The number of aromatic nitrogens is 1. The number of nitrogens with zero attached hydrogens (tertiary/aromatic N) is 1. The molecule has 6 nitrogen and oxygen atoms in total. The number of pyridine rings is 1. The van der Waals surface area contributed by atoms with E-state index in [4.69, 9.17) is 11.5 Å². The van der Waals surface area contributed by atoms with Crippen LogP contribution in [0.3, 0.4) is 0 Å². The van der Waals surface area contributed by atoms with E-state index in [1.54, 1.807) is 0 Å². The van der Waals surface area contributed by atoms with Crippen LogP contribution >= 0.6 is 0 Å². The van der Waals surface area contributed by atoms with Gasteiger partial charge in [-0.05, 0) is 31.0 Å². The maximum Gasteiger partial charge on any atom is 0.252 e. The Kier molecular flexibility index (Phi) is 5.50. The SMILES string of the molecule is NC(=O)c1cc(F)c(N[C@@H]2CCCC[C@@H]2N)nc1Nc1ccc(F)c(F)c1. The summed E-state index contributed by atoms with van der Waals surface area (Å²) in [4.78, 5) is 15.7. The Hall–Kier alpha value is -2.81. The van der Waals surface area contributed by atoms with E-state index < -0.39 is 23.4 Å². The molecule has 27 heavy (non-hydrogen) atoms. The monoisotopic (exact) mass is 379 g/mol. The molecule has 0 aliphatic heterocycles. The molecule has 1 aliphatic carbocycles. The standard InChI is InChI=1S/C18H20F3N5O/c19-11-6-5-9(7-12(11)20)24-17-10(16(23)27)8-13(21)18(26-17)25-15-4-2-1-3-14(15)22/h5-8,14-15H,1-4,22H2,(H2,23,27)(H2,24,25,26)/t14-,15+/m0/s1. The molecule has 1 fully saturated rings. The van der Waals surface area contributed by atoms with E-state index in [9.17, 15) is 18.0 Å². The summed E-state index contributed by atoms with van der Waals surface area (Å²) in [5.74, 6) is -3.91. The average molecular weight is 379 g/mol. The minimum Gasteiger partial charge on any atom is -0.365 e. The van der Waals surface area contributed by atoms with Crippen LogP contribution in [0.15, 0.2) is 24.3 Å². The summed E-state index contributed by atoms with van der Waals surface area (Å²) < 4.78 is 40.9. The van der Waals surface area contributed by atoms with Gasteiger partial charge in [0.05, 0.1) is 5.56 Å². The molecule has 144 valence electrons. The maximum atomic E-state index is 14.4. The number of hydrogen-bond acceptors (Lipinski definition) is 5. The molecule has 9 heteroatoms. The quantitative estimate of drug-likeness (QED) is 0.639. The van der Waals surface area contributed by atoms with Gasteiger partial charge in [0.1, 0.15) is 5.82 Å². The van der Waals surface area contributed by atoms with Crippen LogP contribution in [0, 0.1) is 17.5 Å². The molecule has 0 spiro atoms. The van der Waals surface area contributed by atoms with E-state index in [-0.39, 0.29) is 35.0 Å². The van der Waals surface area contributed by atoms with Crippen molar-refractivity contribution in [2.75, 3.05) is 10.6 Å². The van der Waals surface area contributed by atoms with Crippen LogP contribution in [0.5, 0.6) is 0 Å². The summed E-state index contributed by atoms with van der Waals surface area (Å²) >= 11 is 0. The number of anilines is 3. The lowest BCUT2D eigenvalue weighted by atomic mass is 9.91. The van der Waals surface area contributed by atoms with Gasteiger partial charge in [0, 0.05) is 23.8 Å². The van der Waals surface area contributed by atoms with Crippen molar-refractivity contribution in [1.29, 1.82) is 0 Å². The van der Waals surface area contributed by atoms with Gasteiger partial charge >= 0.3 is 0 Å². The van der Waals surface area contributed by atoms with Crippen LogP contribution in [0.1, 0.15) is 36.0 Å². The third-order valence-electron chi connectivity index (χ3n) is 4.57. The summed E-state index contributed by atoms with van der Waals surface area (Å²) in [6.07, 6.45) is 3.57. The lowest BCUT2D eigenvalue weighted by Gasteiger charge is -2.30. The third kappa shape index (κ3) is 4.30. The molecule has 0 unspecified atom stereocenters. The van der Waals surface area contributed by atoms with Crippen molar-refractivity contribution in [3.63, 3.8) is 0 Å². The van der Waals surface area contributed by atoms with Crippen molar-refractivity contribution >= 4 is 23.2 Å². The number of primary amides is 1. The number of hydrogen-bond donors (Lipinski definition) is 4. The van der Waals surface area contributed by atoms with Crippen LogP contribution in [0.25, 0.3) is 0 Å². The first-order valence-corrected chi connectivity index (χ1v) is 8.59. The van der Waals surface area contributed by atoms with Gasteiger partial charge in [-0.1, -0.05) is 12.8 Å². The number of nitrogens with two attached hydrogens (primary N) is 2. The zero-order chi connectivity index (χ0) is 19.6. The Balaban J connectivity index is 1.92. The van der Waals surface area contributed by atoms with Crippen molar-refractivity contribution in [2.45, 2.75) is 37.8 Å². The highest BCUT2D eigenvalue weighted by Gasteiger charge is 2.24. The number of nitrogens with one attached hydrogen (secondary N) is 2. The minimum absolute atomic E-state index is 0.0678. The normalized spacial score (nSPS) is 19.6. The molecule has 1 heterocycles. The number of carbonyl (C=O) groups excluding carboxylic acids is 1. The summed E-state index contributed by atoms with van der Waals surface area (Å²) in [7, 11) is 0. The van der Waals surface area contributed by atoms with Crippen molar-refractivity contribution < 1.29 is 18.0 Å². The van der Waals surface area contributed by atoms with Crippen molar-refractivity contribution in [3.05, 3.63) is 47.3 Å². The first-order valence-electron chi connectivity index (χ1n) is 8.59. The summed E-state index contributed by atoms with van der Waals surface area (Å²) in [6.45, 7) is 0. The fourth-order valence-electron chi connectivity index (χ4n) is 3.10. The summed E-state index contributed by atoms with van der Waals surface area (Å²) in [5.41, 5.74) is 11.3. The molecular weight excluding hydrogens is 359 g/mol. The Morgan fingerprint density at radius 3 is 2.44 bits per heavy atom. The van der Waals surface area contributed by atoms with Crippen LogP contribution in [-0.4, -0.2) is 23.0 Å². The van der Waals surface area contributed by atoms with Gasteiger partial charge in [0.2, 0.25) is 0 Å². The van der Waals surface area contributed by atoms with Gasteiger partial charge in [0.25, 0.3) is 5.91 Å². The highest BCUT2D eigenvalue weighted by molar-refractivity contribution is 5.98. The average Bonchev–Trinajstić information content (AvgIpc) is 2.62. The zero-order valence-electron chi connectivity index (χ0n) is 14.4. The Labute approximate surface area is 154 Å². The fourth-order valence-corrected chi connectivity index (χ4v) is 3.10. The van der Waals surface area contributed by atoms with Crippen LogP contribution < -0.4 is 22.1 Å². The highest BCUT2D eigenvalue weighted by Crippen LogP contribution is 2.27. The Morgan fingerprint density at radius 1 is 1.04 bits per heavy atom. The van der Waals surface area contributed by atoms with E-state index in [0.29, 0.717) is 0 Å². The molecule has 3 rings (SSSR count). The fraction of sp³-hybridized carbons (Fsp3) is 0.333. The second-order valence-electron chi connectivity index (χ2n) is 6.53. The van der Waals surface area contributed by atoms with Crippen LogP contribution in [0.2, 0.25) is 0 Å². The minimum atomic E-state index is -1.07. The molecule has 2 aromatic rings. The van der Waals surface area contributed by atoms with Gasteiger partial charge in [0.15, 0.2) is 23.3 Å². The lowest BCUT2D eigenvalue weighted by Crippen LogP contribution is -2.43. The third-order valence-corrected chi connectivity index (χ3v) is 4.57. The number of rotatable bonds is 5. The number of amides is 1. The van der Waals surface area contributed by atoms with Crippen LogP contribution in [0.4, 0.5) is 30.5 Å². The van der Waals surface area contributed by atoms with E-state index in [1.165, 1.54) is 6.07 Å². The lowest BCUT2D eigenvalue weighted by molar-refractivity contribution is 0.100. The van der Waals surface area contributed by atoms with Gasteiger partial charge in [-0.15, -0.1) is 0 Å². The molecule has 1 aromatic heterocycles. The molecule has 1 amide bonds. The van der Waals surface area contributed by atoms with Gasteiger partial charge in [-0.25, -0.2) is 18.2 Å². The number of carbonyl (C=O) groups is 1. The highest BCUT2D eigenvalue weighted by atomic mass is 19.2. The number of halogens is 3. The molecular formula is C18H20F3N5O.